The molecule has 1 aliphatic carbocycles. The van der Waals surface area contributed by atoms with E-state index < -0.39 is 36.1 Å². The zero-order valence-corrected chi connectivity index (χ0v) is 27.6. The molecule has 0 radical (unpaired) electrons. The molecule has 1 aromatic carbocycles. The summed E-state index contributed by atoms with van der Waals surface area (Å²) in [5.74, 6) is -1.56. The number of nitrogens with two attached hydrogens (primary N) is 1. The number of halogens is 3. The Morgan fingerprint density at radius 3 is 2.52 bits per heavy atom. The summed E-state index contributed by atoms with van der Waals surface area (Å²) >= 11 is 12.3. The minimum atomic E-state index is -1.07. The van der Waals surface area contributed by atoms with Crippen LogP contribution in [0.2, 0.25) is 5.02 Å². The Kier molecular flexibility index (Phi) is 10.9. The molecular formula is C33H45Cl2FN4O4. The highest BCUT2D eigenvalue weighted by Crippen LogP contribution is 2.55. The average Bonchev–Trinajstić information content (AvgIpc) is 3.42. The molecule has 0 bridgehead atoms. The molecule has 5 N–H and O–H groups in total. The zero-order valence-electron chi connectivity index (χ0n) is 26.1. The van der Waals surface area contributed by atoms with Gasteiger partial charge in [-0.25, -0.2) is 4.39 Å². The van der Waals surface area contributed by atoms with Crippen LogP contribution in [0.25, 0.3) is 0 Å². The van der Waals surface area contributed by atoms with E-state index in [-0.39, 0.29) is 46.4 Å². The van der Waals surface area contributed by atoms with Gasteiger partial charge in [0.25, 0.3) is 0 Å². The van der Waals surface area contributed by atoms with Gasteiger partial charge in [0.15, 0.2) is 0 Å². The highest BCUT2D eigenvalue weighted by Gasteiger charge is 2.66. The second-order valence-corrected chi connectivity index (χ2v) is 14.6. The van der Waals surface area contributed by atoms with Gasteiger partial charge in [0.05, 0.1) is 11.5 Å². The number of fused-ring (bicyclic) bond motifs is 2. The average molecular weight is 652 g/mol. The van der Waals surface area contributed by atoms with Gasteiger partial charge >= 0.3 is 5.97 Å². The lowest BCUT2D eigenvalue weighted by Gasteiger charge is -2.39. The fourth-order valence-corrected chi connectivity index (χ4v) is 7.37. The van der Waals surface area contributed by atoms with E-state index >= 15 is 0 Å². The zero-order chi connectivity index (χ0) is 32.4. The van der Waals surface area contributed by atoms with Crippen LogP contribution >= 0.6 is 23.2 Å². The predicted octanol–water partition coefficient (Wildman–Crippen LogP) is 5.53. The number of carbonyl (C=O) groups excluding carboxylic acids is 3. The van der Waals surface area contributed by atoms with Crippen molar-refractivity contribution >= 4 is 46.7 Å². The van der Waals surface area contributed by atoms with Crippen molar-refractivity contribution in [1.29, 1.82) is 0 Å². The van der Waals surface area contributed by atoms with E-state index in [1.54, 1.807) is 25.1 Å². The van der Waals surface area contributed by atoms with E-state index in [0.29, 0.717) is 42.8 Å². The molecule has 11 heteroatoms. The number of hydrogen-bond acceptors (Lipinski definition) is 6. The SMILES string of the molecule is CC(/C=C\C=C(\Cl)CF)[C@H]1[C@H](C(=O)NC2CCC(OC(=O)[C@@H](C)N)CC2)N[C@H](CC(C)(C)C)[C@]12C(=O)Nc1cc(Cl)ccc12. The molecular weight excluding hydrogens is 606 g/mol. The monoisotopic (exact) mass is 650 g/mol. The van der Waals surface area contributed by atoms with Gasteiger partial charge < -0.3 is 26.4 Å². The normalized spacial score (nSPS) is 30.2. The molecule has 1 spiro atoms. The van der Waals surface area contributed by atoms with Crippen LogP contribution < -0.4 is 21.7 Å². The van der Waals surface area contributed by atoms with Crippen LogP contribution in [-0.4, -0.2) is 54.7 Å². The van der Waals surface area contributed by atoms with E-state index in [2.05, 4.69) is 36.7 Å². The third kappa shape index (κ3) is 7.33. The molecule has 1 saturated carbocycles. The van der Waals surface area contributed by atoms with Crippen LogP contribution in [0.3, 0.4) is 0 Å². The number of ether oxygens (including phenoxy) is 1. The quantitative estimate of drug-likeness (QED) is 0.206. The molecule has 1 unspecified atom stereocenters. The van der Waals surface area contributed by atoms with Crippen molar-refractivity contribution in [2.24, 2.45) is 23.0 Å². The maximum atomic E-state index is 14.3. The van der Waals surface area contributed by atoms with Gasteiger partial charge in [-0.3, -0.25) is 14.4 Å². The third-order valence-corrected chi connectivity index (χ3v) is 9.49. The smallest absolute Gasteiger partial charge is 0.322 e. The molecule has 2 heterocycles. The standard InChI is InChI=1S/C33H45Cl2FN4O4/c1-18(7-6-8-21(35)17-36)27-28(29(41)38-22-10-12-23(13-11-22)44-30(42)19(2)37)40-26(16-32(3,4)5)33(27)24-14-9-20(34)15-25(24)39-31(33)43/h6-9,14-15,18-19,22-23,26-28,40H,10-13,16-17,37H2,1-5H3,(H,38,41)(H,39,43)/b7-6-,21-8+/t18?,19-,22?,23?,26-,27+,28-,33+/m1/s1. The fraction of sp³-hybridized carbons (Fsp3) is 0.606. The summed E-state index contributed by atoms with van der Waals surface area (Å²) in [5.41, 5.74) is 5.86. The minimum absolute atomic E-state index is 0.0633. The topological polar surface area (TPSA) is 123 Å². The highest BCUT2D eigenvalue weighted by molar-refractivity contribution is 6.31. The summed E-state index contributed by atoms with van der Waals surface area (Å²) in [6.07, 6.45) is 8.02. The summed E-state index contributed by atoms with van der Waals surface area (Å²) in [4.78, 5) is 40.4. The summed E-state index contributed by atoms with van der Waals surface area (Å²) in [6, 6.07) is 3.57. The van der Waals surface area contributed by atoms with Gasteiger partial charge in [0, 0.05) is 33.7 Å². The predicted molar refractivity (Wildman–Crippen MR) is 172 cm³/mol. The van der Waals surface area contributed by atoms with Gasteiger partial charge in [-0.1, -0.05) is 69.1 Å². The maximum Gasteiger partial charge on any atom is 0.322 e. The first-order chi connectivity index (χ1) is 20.7. The molecule has 1 aromatic rings. The molecule has 3 aliphatic rings. The van der Waals surface area contributed by atoms with Crippen LogP contribution in [0.1, 0.15) is 72.3 Å². The molecule has 242 valence electrons. The van der Waals surface area contributed by atoms with E-state index in [4.69, 9.17) is 33.7 Å². The van der Waals surface area contributed by atoms with Crippen molar-refractivity contribution in [2.45, 2.75) is 102 Å². The molecule has 2 fully saturated rings. The van der Waals surface area contributed by atoms with Crippen LogP contribution in [0, 0.1) is 17.3 Å². The van der Waals surface area contributed by atoms with E-state index in [9.17, 15) is 18.8 Å². The number of esters is 1. The highest BCUT2D eigenvalue weighted by atomic mass is 35.5. The number of allylic oxidation sites excluding steroid dienone is 4. The van der Waals surface area contributed by atoms with Crippen molar-refractivity contribution < 1.29 is 23.5 Å². The second kappa shape index (κ2) is 13.9. The number of carbonyl (C=O) groups is 3. The molecule has 4 rings (SSSR count). The molecule has 6 atom stereocenters. The lowest BCUT2D eigenvalue weighted by atomic mass is 9.61. The number of nitrogens with one attached hydrogen (secondary N) is 3. The van der Waals surface area contributed by atoms with E-state index in [1.807, 2.05) is 19.1 Å². The van der Waals surface area contributed by atoms with Crippen molar-refractivity contribution in [1.82, 2.24) is 10.6 Å². The molecule has 1 saturated heterocycles. The van der Waals surface area contributed by atoms with Crippen LogP contribution in [0.15, 0.2) is 41.5 Å². The number of benzene rings is 1. The Morgan fingerprint density at radius 1 is 1.23 bits per heavy atom. The number of rotatable bonds is 9. The lowest BCUT2D eigenvalue weighted by molar-refractivity contribution is -0.152. The van der Waals surface area contributed by atoms with Gasteiger partial charge in [0.2, 0.25) is 11.8 Å². The summed E-state index contributed by atoms with van der Waals surface area (Å²) in [6.45, 7) is 9.13. The molecule has 8 nitrogen and oxygen atoms in total. The number of hydrogen-bond donors (Lipinski definition) is 4. The van der Waals surface area contributed by atoms with Crippen molar-refractivity contribution in [3.05, 3.63) is 52.0 Å². The third-order valence-electron chi connectivity index (χ3n) is 9.03. The van der Waals surface area contributed by atoms with Gasteiger partial charge in [-0.05, 0) is 74.1 Å². The Balaban J connectivity index is 1.68. The number of alkyl halides is 1. The first kappa shape index (κ1) is 34.4. The van der Waals surface area contributed by atoms with Crippen LogP contribution in [0.4, 0.5) is 10.1 Å². The van der Waals surface area contributed by atoms with Crippen molar-refractivity contribution in [3.63, 3.8) is 0 Å². The largest absolute Gasteiger partial charge is 0.461 e. The first-order valence-corrected chi connectivity index (χ1v) is 16.2. The summed E-state index contributed by atoms with van der Waals surface area (Å²) in [7, 11) is 0. The minimum Gasteiger partial charge on any atom is -0.461 e. The summed E-state index contributed by atoms with van der Waals surface area (Å²) < 4.78 is 18.5. The van der Waals surface area contributed by atoms with Crippen molar-refractivity contribution in [2.75, 3.05) is 12.0 Å². The van der Waals surface area contributed by atoms with Gasteiger partial charge in [-0.2, -0.15) is 0 Å². The second-order valence-electron chi connectivity index (χ2n) is 13.7. The van der Waals surface area contributed by atoms with E-state index in [1.165, 1.54) is 6.08 Å². The maximum absolute atomic E-state index is 14.3. The first-order valence-electron chi connectivity index (χ1n) is 15.4. The van der Waals surface area contributed by atoms with Crippen molar-refractivity contribution in [3.8, 4) is 0 Å². The van der Waals surface area contributed by atoms with Gasteiger partial charge in [0.1, 0.15) is 18.8 Å². The number of anilines is 1. The molecule has 2 aliphatic heterocycles. The Labute approximate surface area is 269 Å². The Morgan fingerprint density at radius 2 is 1.91 bits per heavy atom. The van der Waals surface area contributed by atoms with E-state index in [0.717, 1.165) is 5.56 Å². The Bertz CT molecular complexity index is 1300. The van der Waals surface area contributed by atoms with Crippen LogP contribution in [-0.2, 0) is 24.5 Å². The molecule has 2 amide bonds. The lowest BCUT2D eigenvalue weighted by Crippen LogP contribution is -2.52. The van der Waals surface area contributed by atoms with Crippen LogP contribution in [0.5, 0.6) is 0 Å². The summed E-state index contributed by atoms with van der Waals surface area (Å²) in [5, 5.41) is 10.5. The fourth-order valence-electron chi connectivity index (χ4n) is 7.13. The molecule has 0 aromatic heterocycles. The molecule has 44 heavy (non-hydrogen) atoms. The number of amides is 2. The Hall–Kier alpha value is -2.46. The van der Waals surface area contributed by atoms with Gasteiger partial charge in [-0.15, -0.1) is 0 Å².